The van der Waals surface area contributed by atoms with Crippen molar-refractivity contribution in [1.29, 1.82) is 0 Å². The van der Waals surface area contributed by atoms with E-state index in [1.165, 1.54) is 0 Å². The summed E-state index contributed by atoms with van der Waals surface area (Å²) in [6.07, 6.45) is 1.71. The fourth-order valence-corrected chi connectivity index (χ4v) is 2.22. The van der Waals surface area contributed by atoms with Gasteiger partial charge < -0.3 is 20.3 Å². The molecule has 2 rings (SSSR count). The number of hydrogen-bond donors (Lipinski definition) is 1. The first-order chi connectivity index (χ1) is 9.54. The summed E-state index contributed by atoms with van der Waals surface area (Å²) in [4.78, 5) is 23.8. The highest BCUT2D eigenvalue weighted by Gasteiger charge is 2.23. The highest BCUT2D eigenvalue weighted by atomic mass is 16.5. The van der Waals surface area contributed by atoms with Gasteiger partial charge in [0.15, 0.2) is 0 Å². The quantitative estimate of drug-likeness (QED) is 0.775. The Kier molecular flexibility index (Phi) is 4.86. The average Bonchev–Trinajstić information content (AvgIpc) is 2.37. The summed E-state index contributed by atoms with van der Waals surface area (Å²) in [7, 11) is 2.05. The summed E-state index contributed by atoms with van der Waals surface area (Å²) in [6.45, 7) is 4.97. The molecule has 0 aromatic carbocycles. The number of ether oxygens (including phenoxy) is 1. The number of nitrogens with zero attached hydrogens (tertiary/aromatic N) is 4. The van der Waals surface area contributed by atoms with Gasteiger partial charge in [-0.05, 0) is 20.0 Å². The minimum Gasteiger partial charge on any atom is -0.374 e. The van der Waals surface area contributed by atoms with Crippen molar-refractivity contribution in [1.82, 2.24) is 14.9 Å². The minimum atomic E-state index is -0.403. The van der Waals surface area contributed by atoms with Gasteiger partial charge in [-0.3, -0.25) is 4.79 Å². The molecule has 2 heterocycles. The van der Waals surface area contributed by atoms with E-state index in [1.54, 1.807) is 11.1 Å². The summed E-state index contributed by atoms with van der Waals surface area (Å²) in [6, 6.07) is 1.82. The van der Waals surface area contributed by atoms with Crippen molar-refractivity contribution < 1.29 is 9.53 Å². The van der Waals surface area contributed by atoms with Crippen molar-refractivity contribution in [2.24, 2.45) is 5.73 Å². The lowest BCUT2D eigenvalue weighted by molar-refractivity contribution is -0.116. The van der Waals surface area contributed by atoms with Gasteiger partial charge in [0, 0.05) is 31.5 Å². The van der Waals surface area contributed by atoms with Crippen molar-refractivity contribution in [2.75, 3.05) is 44.7 Å². The average molecular weight is 279 g/mol. The van der Waals surface area contributed by atoms with Gasteiger partial charge in [-0.2, -0.15) is 0 Å². The Morgan fingerprint density at radius 2 is 2.45 bits per heavy atom. The normalized spacial score (nSPS) is 19.8. The topological polar surface area (TPSA) is 84.6 Å². The third kappa shape index (κ3) is 4.14. The molecule has 0 aliphatic carbocycles. The molecule has 1 saturated heterocycles. The fraction of sp³-hybridized carbons (Fsp3) is 0.615. The van der Waals surface area contributed by atoms with Crippen molar-refractivity contribution in [3.05, 3.63) is 18.0 Å². The maximum absolute atomic E-state index is 11.2. The molecule has 1 fully saturated rings. The number of amides is 1. The smallest absolute Gasteiger partial charge is 0.237 e. The summed E-state index contributed by atoms with van der Waals surface area (Å²) >= 11 is 0. The van der Waals surface area contributed by atoms with Crippen LogP contribution >= 0.6 is 0 Å². The van der Waals surface area contributed by atoms with Crippen molar-refractivity contribution in [2.45, 2.75) is 13.0 Å². The molecule has 1 aromatic heterocycles. The van der Waals surface area contributed by atoms with E-state index in [9.17, 15) is 4.79 Å². The maximum Gasteiger partial charge on any atom is 0.237 e. The molecule has 110 valence electrons. The van der Waals surface area contributed by atoms with E-state index < -0.39 is 5.91 Å². The van der Waals surface area contributed by atoms with Crippen molar-refractivity contribution in [3.8, 4) is 0 Å². The first kappa shape index (κ1) is 14.7. The second kappa shape index (κ2) is 6.62. The minimum absolute atomic E-state index is 0.0252. The standard InChI is InChI=1S/C13H21N5O2/c1-10-3-4-15-13(16-10)18(9-12(14)19)8-11-7-17(2)5-6-20-11/h3-4,11H,5-9H2,1-2H3,(H2,14,19). The van der Waals surface area contributed by atoms with Gasteiger partial charge in [-0.25, -0.2) is 9.97 Å². The Labute approximate surface area is 118 Å². The Bertz CT molecular complexity index is 468. The number of hydrogen-bond acceptors (Lipinski definition) is 6. The van der Waals surface area contributed by atoms with Gasteiger partial charge in [-0.15, -0.1) is 0 Å². The Hall–Kier alpha value is -1.73. The van der Waals surface area contributed by atoms with Crippen LogP contribution in [0, 0.1) is 6.92 Å². The number of likely N-dealkylation sites (N-methyl/N-ethyl adjacent to an activating group) is 1. The molecule has 7 nitrogen and oxygen atoms in total. The molecule has 0 radical (unpaired) electrons. The molecule has 2 N–H and O–H groups in total. The van der Waals surface area contributed by atoms with E-state index in [1.807, 2.05) is 13.0 Å². The van der Waals surface area contributed by atoms with Gasteiger partial charge in [0.05, 0.1) is 19.3 Å². The predicted octanol–water partition coefficient (Wildman–Crippen LogP) is -0.593. The predicted molar refractivity (Wildman–Crippen MR) is 75.4 cm³/mol. The van der Waals surface area contributed by atoms with Crippen LogP contribution in [-0.2, 0) is 9.53 Å². The van der Waals surface area contributed by atoms with Crippen LogP contribution in [0.5, 0.6) is 0 Å². The Balaban J connectivity index is 2.09. The number of rotatable bonds is 5. The van der Waals surface area contributed by atoms with E-state index in [0.29, 0.717) is 19.1 Å². The largest absolute Gasteiger partial charge is 0.374 e. The Morgan fingerprint density at radius 1 is 1.65 bits per heavy atom. The molecule has 20 heavy (non-hydrogen) atoms. The number of morpholine rings is 1. The van der Waals surface area contributed by atoms with Crippen LogP contribution in [0.4, 0.5) is 5.95 Å². The number of primary amides is 1. The van der Waals surface area contributed by atoms with Gasteiger partial charge in [0.25, 0.3) is 0 Å². The molecule has 1 aliphatic rings. The molecule has 0 bridgehead atoms. The third-order valence-corrected chi connectivity index (χ3v) is 3.18. The number of anilines is 1. The van der Waals surface area contributed by atoms with Crippen LogP contribution in [0.15, 0.2) is 12.3 Å². The molecular weight excluding hydrogens is 258 g/mol. The first-order valence-corrected chi connectivity index (χ1v) is 6.67. The number of aromatic nitrogens is 2. The molecule has 7 heteroatoms. The third-order valence-electron chi connectivity index (χ3n) is 3.18. The molecule has 1 aromatic rings. The fourth-order valence-electron chi connectivity index (χ4n) is 2.22. The van der Waals surface area contributed by atoms with Crippen LogP contribution in [0.3, 0.4) is 0 Å². The van der Waals surface area contributed by atoms with Gasteiger partial charge in [-0.1, -0.05) is 0 Å². The van der Waals surface area contributed by atoms with Crippen molar-refractivity contribution in [3.63, 3.8) is 0 Å². The Morgan fingerprint density at radius 3 is 3.10 bits per heavy atom. The number of aryl methyl sites for hydroxylation is 1. The van der Waals surface area contributed by atoms with Gasteiger partial charge >= 0.3 is 0 Å². The van der Waals surface area contributed by atoms with Crippen LogP contribution in [-0.4, -0.2) is 66.7 Å². The van der Waals surface area contributed by atoms with E-state index >= 15 is 0 Å². The van der Waals surface area contributed by atoms with Crippen LogP contribution in [0.1, 0.15) is 5.69 Å². The molecule has 1 aliphatic heterocycles. The molecule has 0 saturated carbocycles. The van der Waals surface area contributed by atoms with Gasteiger partial charge in [0.2, 0.25) is 11.9 Å². The van der Waals surface area contributed by atoms with E-state index in [-0.39, 0.29) is 12.6 Å². The zero-order valence-corrected chi connectivity index (χ0v) is 12.0. The zero-order chi connectivity index (χ0) is 14.5. The lowest BCUT2D eigenvalue weighted by Gasteiger charge is -2.33. The summed E-state index contributed by atoms with van der Waals surface area (Å²) in [5, 5.41) is 0. The summed E-state index contributed by atoms with van der Waals surface area (Å²) < 4.78 is 5.72. The number of carbonyl (C=O) groups excluding carboxylic acids is 1. The van der Waals surface area contributed by atoms with Crippen LogP contribution in [0.25, 0.3) is 0 Å². The van der Waals surface area contributed by atoms with Crippen LogP contribution in [0.2, 0.25) is 0 Å². The lowest BCUT2D eigenvalue weighted by atomic mass is 10.2. The molecule has 1 amide bonds. The van der Waals surface area contributed by atoms with E-state index in [4.69, 9.17) is 10.5 Å². The number of carbonyl (C=O) groups is 1. The monoisotopic (exact) mass is 279 g/mol. The van der Waals surface area contributed by atoms with Crippen LogP contribution < -0.4 is 10.6 Å². The molecule has 1 atom stereocenters. The molecule has 1 unspecified atom stereocenters. The summed E-state index contributed by atoms with van der Waals surface area (Å²) in [5.41, 5.74) is 6.17. The zero-order valence-electron chi connectivity index (χ0n) is 12.0. The second-order valence-electron chi connectivity index (χ2n) is 5.10. The lowest BCUT2D eigenvalue weighted by Crippen LogP contribution is -2.48. The SMILES string of the molecule is Cc1ccnc(N(CC(N)=O)CC2CN(C)CCO2)n1. The van der Waals surface area contributed by atoms with Gasteiger partial charge in [0.1, 0.15) is 0 Å². The van der Waals surface area contributed by atoms with E-state index in [2.05, 4.69) is 21.9 Å². The maximum atomic E-state index is 11.2. The first-order valence-electron chi connectivity index (χ1n) is 6.67. The van der Waals surface area contributed by atoms with E-state index in [0.717, 1.165) is 18.8 Å². The number of nitrogens with two attached hydrogens (primary N) is 1. The van der Waals surface area contributed by atoms with Crippen molar-refractivity contribution >= 4 is 11.9 Å². The molecule has 0 spiro atoms. The highest BCUT2D eigenvalue weighted by Crippen LogP contribution is 2.11. The molecular formula is C13H21N5O2. The summed E-state index contributed by atoms with van der Waals surface area (Å²) in [5.74, 6) is 0.111. The highest BCUT2D eigenvalue weighted by molar-refractivity contribution is 5.78. The second-order valence-corrected chi connectivity index (χ2v) is 5.10.